The van der Waals surface area contributed by atoms with Crippen LogP contribution in [0.15, 0.2) is 18.2 Å². The first-order chi connectivity index (χ1) is 8.20. The van der Waals surface area contributed by atoms with Crippen LogP contribution in [0.5, 0.6) is 0 Å². The zero-order chi connectivity index (χ0) is 12.3. The van der Waals surface area contributed by atoms with E-state index in [4.69, 9.17) is 10.00 Å². The molecule has 0 saturated carbocycles. The third kappa shape index (κ3) is 2.75. The minimum atomic E-state index is -0.357. The normalized spacial score (nSPS) is 19.0. The van der Waals surface area contributed by atoms with Gasteiger partial charge in [0.15, 0.2) is 0 Å². The molecule has 1 atom stereocenters. The second-order valence-electron chi connectivity index (χ2n) is 4.29. The van der Waals surface area contributed by atoms with Gasteiger partial charge < -0.3 is 9.64 Å². The molecule has 0 N–H and O–H groups in total. The molecule has 0 radical (unpaired) electrons. The van der Waals surface area contributed by atoms with Gasteiger partial charge in [0.2, 0.25) is 0 Å². The first-order valence-electron chi connectivity index (χ1n) is 5.73. The van der Waals surface area contributed by atoms with Crippen molar-refractivity contribution < 1.29 is 9.13 Å². The standard InChI is InChI=1S/C13H15FN2O/c1-16(9-11-3-2-6-17-11)13-5-4-10(8-15)7-12(13)14/h4-5,7,11H,2-3,6,9H2,1H3. The van der Waals surface area contributed by atoms with Crippen molar-refractivity contribution in [2.75, 3.05) is 25.1 Å². The van der Waals surface area contributed by atoms with E-state index >= 15 is 0 Å². The summed E-state index contributed by atoms with van der Waals surface area (Å²) in [6.07, 6.45) is 2.30. The molecule has 0 aromatic heterocycles. The van der Waals surface area contributed by atoms with E-state index in [9.17, 15) is 4.39 Å². The van der Waals surface area contributed by atoms with E-state index < -0.39 is 0 Å². The summed E-state index contributed by atoms with van der Waals surface area (Å²) in [7, 11) is 1.84. The number of hydrogen-bond donors (Lipinski definition) is 0. The van der Waals surface area contributed by atoms with Crippen LogP contribution in [0, 0.1) is 17.1 Å². The molecule has 0 spiro atoms. The van der Waals surface area contributed by atoms with Crippen molar-refractivity contribution >= 4 is 5.69 Å². The van der Waals surface area contributed by atoms with E-state index in [0.29, 0.717) is 17.8 Å². The number of nitrogens with zero attached hydrogens (tertiary/aromatic N) is 2. The Morgan fingerprint density at radius 3 is 3.00 bits per heavy atom. The molecule has 1 aromatic rings. The molecule has 1 saturated heterocycles. The SMILES string of the molecule is CN(CC1CCCO1)c1ccc(C#N)cc1F. The summed E-state index contributed by atoms with van der Waals surface area (Å²) in [4.78, 5) is 1.84. The number of anilines is 1. The predicted molar refractivity (Wildman–Crippen MR) is 63.4 cm³/mol. The Balaban J connectivity index is 2.08. The summed E-state index contributed by atoms with van der Waals surface area (Å²) in [5.41, 5.74) is 0.858. The molecule has 0 aliphatic carbocycles. The van der Waals surface area contributed by atoms with Crippen LogP contribution < -0.4 is 4.90 Å². The fourth-order valence-corrected chi connectivity index (χ4v) is 2.08. The van der Waals surface area contributed by atoms with Gasteiger partial charge in [-0.15, -0.1) is 0 Å². The third-order valence-corrected chi connectivity index (χ3v) is 2.99. The van der Waals surface area contributed by atoms with E-state index in [0.717, 1.165) is 19.4 Å². The number of halogens is 1. The van der Waals surface area contributed by atoms with Gasteiger partial charge in [-0.3, -0.25) is 0 Å². The maximum Gasteiger partial charge on any atom is 0.147 e. The summed E-state index contributed by atoms with van der Waals surface area (Å²) in [6, 6.07) is 6.46. The van der Waals surface area contributed by atoms with Gasteiger partial charge >= 0.3 is 0 Å². The number of hydrogen-bond acceptors (Lipinski definition) is 3. The third-order valence-electron chi connectivity index (χ3n) is 2.99. The van der Waals surface area contributed by atoms with Gasteiger partial charge in [-0.1, -0.05) is 0 Å². The molecule has 1 aliphatic rings. The molecule has 1 heterocycles. The topological polar surface area (TPSA) is 36.3 Å². The van der Waals surface area contributed by atoms with Gasteiger partial charge in [-0.05, 0) is 31.0 Å². The van der Waals surface area contributed by atoms with Gasteiger partial charge in [0.05, 0.1) is 23.4 Å². The Bertz CT molecular complexity index is 436. The average molecular weight is 234 g/mol. The zero-order valence-electron chi connectivity index (χ0n) is 9.82. The Labute approximate surface area is 100 Å². The highest BCUT2D eigenvalue weighted by Crippen LogP contribution is 2.21. The van der Waals surface area contributed by atoms with Gasteiger partial charge in [0, 0.05) is 20.2 Å². The van der Waals surface area contributed by atoms with Crippen LogP contribution in [0.1, 0.15) is 18.4 Å². The van der Waals surface area contributed by atoms with Crippen LogP contribution in [0.25, 0.3) is 0 Å². The van der Waals surface area contributed by atoms with Crippen LogP contribution >= 0.6 is 0 Å². The molecule has 1 unspecified atom stereocenters. The Morgan fingerprint density at radius 1 is 1.59 bits per heavy atom. The monoisotopic (exact) mass is 234 g/mol. The Morgan fingerprint density at radius 2 is 2.41 bits per heavy atom. The first kappa shape index (κ1) is 11.9. The van der Waals surface area contributed by atoms with Crippen LogP contribution in [-0.2, 0) is 4.74 Å². The minimum absolute atomic E-state index is 0.190. The molecule has 1 fully saturated rings. The Hall–Kier alpha value is -1.60. The predicted octanol–water partition coefficient (Wildman–Crippen LogP) is 2.31. The quantitative estimate of drug-likeness (QED) is 0.805. The lowest BCUT2D eigenvalue weighted by molar-refractivity contribution is 0.116. The van der Waals surface area contributed by atoms with Crippen LogP contribution in [-0.4, -0.2) is 26.3 Å². The molecule has 0 amide bonds. The van der Waals surface area contributed by atoms with Crippen molar-refractivity contribution in [2.45, 2.75) is 18.9 Å². The highest BCUT2D eigenvalue weighted by atomic mass is 19.1. The number of rotatable bonds is 3. The molecular weight excluding hydrogens is 219 g/mol. The maximum atomic E-state index is 13.7. The second-order valence-corrected chi connectivity index (χ2v) is 4.29. The molecule has 3 nitrogen and oxygen atoms in total. The van der Waals surface area contributed by atoms with Crippen molar-refractivity contribution in [1.82, 2.24) is 0 Å². The lowest BCUT2D eigenvalue weighted by Gasteiger charge is -2.23. The van der Waals surface area contributed by atoms with E-state index in [2.05, 4.69) is 0 Å². The maximum absolute atomic E-state index is 13.7. The van der Waals surface area contributed by atoms with Crippen molar-refractivity contribution in [1.29, 1.82) is 5.26 Å². The van der Waals surface area contributed by atoms with Crippen LogP contribution in [0.3, 0.4) is 0 Å². The van der Waals surface area contributed by atoms with Crippen molar-refractivity contribution in [3.63, 3.8) is 0 Å². The molecule has 4 heteroatoms. The van der Waals surface area contributed by atoms with Gasteiger partial charge in [0.25, 0.3) is 0 Å². The molecule has 17 heavy (non-hydrogen) atoms. The van der Waals surface area contributed by atoms with E-state index in [1.807, 2.05) is 18.0 Å². The van der Waals surface area contributed by atoms with Crippen molar-refractivity contribution in [3.05, 3.63) is 29.6 Å². The summed E-state index contributed by atoms with van der Waals surface area (Å²) >= 11 is 0. The fraction of sp³-hybridized carbons (Fsp3) is 0.462. The van der Waals surface area contributed by atoms with Gasteiger partial charge in [-0.25, -0.2) is 4.39 Å². The van der Waals surface area contributed by atoms with Crippen LogP contribution in [0.2, 0.25) is 0 Å². The number of benzene rings is 1. The summed E-state index contributed by atoms with van der Waals surface area (Å²) in [6.45, 7) is 1.48. The molecule has 2 rings (SSSR count). The van der Waals surface area contributed by atoms with E-state index in [1.54, 1.807) is 12.1 Å². The molecule has 0 bridgehead atoms. The fourth-order valence-electron chi connectivity index (χ4n) is 2.08. The number of likely N-dealkylation sites (N-methyl/N-ethyl adjacent to an activating group) is 1. The molecular formula is C13H15FN2O. The first-order valence-corrected chi connectivity index (χ1v) is 5.73. The molecule has 1 aliphatic heterocycles. The number of ether oxygens (including phenoxy) is 1. The van der Waals surface area contributed by atoms with E-state index in [1.165, 1.54) is 6.07 Å². The second kappa shape index (κ2) is 5.15. The van der Waals surface area contributed by atoms with Gasteiger partial charge in [0.1, 0.15) is 5.82 Å². The van der Waals surface area contributed by atoms with Crippen molar-refractivity contribution in [2.24, 2.45) is 0 Å². The van der Waals surface area contributed by atoms with E-state index in [-0.39, 0.29) is 11.9 Å². The lowest BCUT2D eigenvalue weighted by atomic mass is 10.2. The smallest absolute Gasteiger partial charge is 0.147 e. The summed E-state index contributed by atoms with van der Waals surface area (Å²) in [5, 5.41) is 8.67. The molecule has 1 aromatic carbocycles. The van der Waals surface area contributed by atoms with Crippen LogP contribution in [0.4, 0.5) is 10.1 Å². The largest absolute Gasteiger partial charge is 0.376 e. The lowest BCUT2D eigenvalue weighted by Crippen LogP contribution is -2.29. The zero-order valence-corrected chi connectivity index (χ0v) is 9.82. The highest BCUT2D eigenvalue weighted by molar-refractivity contribution is 5.50. The highest BCUT2D eigenvalue weighted by Gasteiger charge is 2.19. The molecule has 90 valence electrons. The van der Waals surface area contributed by atoms with Gasteiger partial charge in [-0.2, -0.15) is 5.26 Å². The Kier molecular flexibility index (Phi) is 3.60. The minimum Gasteiger partial charge on any atom is -0.376 e. The average Bonchev–Trinajstić information content (AvgIpc) is 2.81. The number of nitriles is 1. The summed E-state index contributed by atoms with van der Waals surface area (Å²) < 4.78 is 19.2. The summed E-state index contributed by atoms with van der Waals surface area (Å²) in [5.74, 6) is -0.357. The van der Waals surface area contributed by atoms with Crippen molar-refractivity contribution in [3.8, 4) is 6.07 Å².